The Hall–Kier alpha value is -0.470. The third kappa shape index (κ3) is 1.82. The summed E-state index contributed by atoms with van der Waals surface area (Å²) in [6.07, 6.45) is 1.01. The third-order valence-electron chi connectivity index (χ3n) is 3.78. The predicted octanol–water partition coefficient (Wildman–Crippen LogP) is 3.79. The highest BCUT2D eigenvalue weighted by atomic mass is 19.4. The molecule has 4 atom stereocenters. The molecule has 0 heterocycles. The van der Waals surface area contributed by atoms with Gasteiger partial charge in [-0.2, -0.15) is 13.2 Å². The summed E-state index contributed by atoms with van der Waals surface area (Å²) in [7, 11) is 0. The molecule has 2 aliphatic rings. The monoisotopic (exact) mass is 204 g/mol. The van der Waals surface area contributed by atoms with Crippen LogP contribution in [0.5, 0.6) is 0 Å². The minimum atomic E-state index is -3.98. The number of allylic oxidation sites excluding steroid dienone is 2. The van der Waals surface area contributed by atoms with Gasteiger partial charge >= 0.3 is 6.18 Å². The molecule has 2 aliphatic carbocycles. The number of alkyl halides is 3. The van der Waals surface area contributed by atoms with Crippen molar-refractivity contribution < 1.29 is 13.2 Å². The lowest BCUT2D eigenvalue weighted by atomic mass is 9.88. The number of halogens is 3. The van der Waals surface area contributed by atoms with Gasteiger partial charge in [0.15, 0.2) is 0 Å². The van der Waals surface area contributed by atoms with Gasteiger partial charge in [-0.25, -0.2) is 0 Å². The molecule has 2 rings (SSSR count). The van der Waals surface area contributed by atoms with Crippen LogP contribution in [0.2, 0.25) is 0 Å². The molecule has 0 aromatic heterocycles. The highest BCUT2D eigenvalue weighted by molar-refractivity contribution is 5.13. The van der Waals surface area contributed by atoms with E-state index in [0.29, 0.717) is 24.2 Å². The van der Waals surface area contributed by atoms with E-state index in [1.54, 1.807) is 0 Å². The molecule has 0 N–H and O–H groups in total. The molecule has 0 nitrogen and oxygen atoms in total. The molecule has 0 radical (unpaired) electrons. The summed E-state index contributed by atoms with van der Waals surface area (Å²) >= 11 is 0. The van der Waals surface area contributed by atoms with Crippen LogP contribution in [0.15, 0.2) is 12.2 Å². The van der Waals surface area contributed by atoms with Gasteiger partial charge < -0.3 is 0 Å². The molecule has 80 valence electrons. The minimum absolute atomic E-state index is 0.279. The van der Waals surface area contributed by atoms with E-state index in [1.807, 2.05) is 0 Å². The first-order valence-electron chi connectivity index (χ1n) is 5.22. The predicted molar refractivity (Wildman–Crippen MR) is 48.7 cm³/mol. The average Bonchev–Trinajstić information content (AvgIpc) is 2.57. The summed E-state index contributed by atoms with van der Waals surface area (Å²) in [5, 5.41) is 0. The zero-order valence-electron chi connectivity index (χ0n) is 8.22. The average molecular weight is 204 g/mol. The number of fused-ring (bicyclic) bond motifs is 2. The van der Waals surface area contributed by atoms with Gasteiger partial charge in [-0.3, -0.25) is 0 Å². The minimum Gasteiger partial charge on any atom is -0.171 e. The fourth-order valence-corrected chi connectivity index (χ4v) is 2.95. The van der Waals surface area contributed by atoms with Crippen LogP contribution in [0.25, 0.3) is 0 Å². The van der Waals surface area contributed by atoms with E-state index in [-0.39, 0.29) is 5.92 Å². The molecular formula is C11H15F3. The normalized spacial score (nSPS) is 40.9. The molecule has 1 fully saturated rings. The van der Waals surface area contributed by atoms with Crippen LogP contribution in [0.4, 0.5) is 13.2 Å². The van der Waals surface area contributed by atoms with Gasteiger partial charge in [-0.05, 0) is 36.5 Å². The SMILES string of the molecule is C[C@@H]1C2C=CC1C(CCC(F)(F)F)C2. The summed E-state index contributed by atoms with van der Waals surface area (Å²) in [4.78, 5) is 0. The van der Waals surface area contributed by atoms with E-state index in [2.05, 4.69) is 19.1 Å². The first kappa shape index (κ1) is 10.1. The van der Waals surface area contributed by atoms with E-state index in [4.69, 9.17) is 0 Å². The smallest absolute Gasteiger partial charge is 0.171 e. The lowest BCUT2D eigenvalue weighted by Crippen LogP contribution is -2.14. The summed E-state index contributed by atoms with van der Waals surface area (Å²) < 4.78 is 36.1. The zero-order valence-corrected chi connectivity index (χ0v) is 8.22. The van der Waals surface area contributed by atoms with Crippen molar-refractivity contribution in [3.8, 4) is 0 Å². The van der Waals surface area contributed by atoms with E-state index in [9.17, 15) is 13.2 Å². The first-order chi connectivity index (χ1) is 6.47. The topological polar surface area (TPSA) is 0 Å². The van der Waals surface area contributed by atoms with Gasteiger partial charge in [0.25, 0.3) is 0 Å². The van der Waals surface area contributed by atoms with Crippen molar-refractivity contribution in [3.63, 3.8) is 0 Å². The van der Waals surface area contributed by atoms with Gasteiger partial charge in [0.05, 0.1) is 0 Å². The van der Waals surface area contributed by atoms with Crippen LogP contribution in [-0.2, 0) is 0 Å². The van der Waals surface area contributed by atoms with Crippen molar-refractivity contribution in [3.05, 3.63) is 12.2 Å². The Morgan fingerprint density at radius 1 is 1.29 bits per heavy atom. The molecule has 0 aromatic carbocycles. The maximum absolute atomic E-state index is 12.0. The molecule has 3 unspecified atom stereocenters. The van der Waals surface area contributed by atoms with Crippen molar-refractivity contribution in [1.82, 2.24) is 0 Å². The Morgan fingerprint density at radius 2 is 2.00 bits per heavy atom. The van der Waals surface area contributed by atoms with Crippen LogP contribution in [0.3, 0.4) is 0 Å². The van der Waals surface area contributed by atoms with E-state index >= 15 is 0 Å². The standard InChI is InChI=1S/C11H15F3/c1-7-8-2-3-10(7)9(6-8)4-5-11(12,13)14/h2-3,7-10H,4-6H2,1H3/t7-,8?,9?,10?/m1/s1. The van der Waals surface area contributed by atoms with Crippen molar-refractivity contribution in [2.24, 2.45) is 23.7 Å². The van der Waals surface area contributed by atoms with Crippen molar-refractivity contribution in [2.75, 3.05) is 0 Å². The van der Waals surface area contributed by atoms with E-state index < -0.39 is 12.6 Å². The van der Waals surface area contributed by atoms with Crippen LogP contribution < -0.4 is 0 Å². The maximum Gasteiger partial charge on any atom is 0.389 e. The first-order valence-corrected chi connectivity index (χ1v) is 5.22. The molecule has 2 bridgehead atoms. The maximum atomic E-state index is 12.0. The van der Waals surface area contributed by atoms with Crippen molar-refractivity contribution in [1.29, 1.82) is 0 Å². The van der Waals surface area contributed by atoms with E-state index in [0.717, 1.165) is 6.42 Å². The summed E-state index contributed by atoms with van der Waals surface area (Å²) in [6, 6.07) is 0. The largest absolute Gasteiger partial charge is 0.389 e. The van der Waals surface area contributed by atoms with Crippen LogP contribution in [0, 0.1) is 23.7 Å². The molecule has 0 spiro atoms. The van der Waals surface area contributed by atoms with Gasteiger partial charge in [0.2, 0.25) is 0 Å². The second kappa shape index (κ2) is 3.28. The Bertz CT molecular complexity index is 241. The molecule has 0 aliphatic heterocycles. The summed E-state index contributed by atoms with van der Waals surface area (Å²) in [6.45, 7) is 2.16. The Morgan fingerprint density at radius 3 is 2.43 bits per heavy atom. The van der Waals surface area contributed by atoms with Gasteiger partial charge in [-0.15, -0.1) is 0 Å². The fraction of sp³-hybridized carbons (Fsp3) is 0.818. The molecule has 1 saturated carbocycles. The Kier molecular flexibility index (Phi) is 2.36. The molecule has 14 heavy (non-hydrogen) atoms. The third-order valence-corrected chi connectivity index (χ3v) is 3.78. The molecule has 0 amide bonds. The zero-order chi connectivity index (χ0) is 10.3. The molecule has 3 heteroatoms. The number of hydrogen-bond donors (Lipinski definition) is 0. The quantitative estimate of drug-likeness (QED) is 0.600. The van der Waals surface area contributed by atoms with Gasteiger partial charge in [0, 0.05) is 6.42 Å². The van der Waals surface area contributed by atoms with Gasteiger partial charge in [-0.1, -0.05) is 19.1 Å². The molecule has 0 saturated heterocycles. The fourth-order valence-electron chi connectivity index (χ4n) is 2.95. The lowest BCUT2D eigenvalue weighted by Gasteiger charge is -2.19. The number of rotatable bonds is 2. The van der Waals surface area contributed by atoms with Crippen molar-refractivity contribution in [2.45, 2.75) is 32.4 Å². The van der Waals surface area contributed by atoms with Crippen LogP contribution in [-0.4, -0.2) is 6.18 Å². The highest BCUT2D eigenvalue weighted by Crippen LogP contribution is 2.50. The van der Waals surface area contributed by atoms with Crippen LogP contribution >= 0.6 is 0 Å². The van der Waals surface area contributed by atoms with E-state index in [1.165, 1.54) is 0 Å². The van der Waals surface area contributed by atoms with Gasteiger partial charge in [0.1, 0.15) is 0 Å². The summed E-state index contributed by atoms with van der Waals surface area (Å²) in [5.41, 5.74) is 0. The molecular weight excluding hydrogens is 189 g/mol. The van der Waals surface area contributed by atoms with Crippen molar-refractivity contribution >= 4 is 0 Å². The lowest BCUT2D eigenvalue weighted by molar-refractivity contribution is -0.138. The Labute approximate surface area is 82.2 Å². The second-order valence-electron chi connectivity index (χ2n) is 4.63. The highest BCUT2D eigenvalue weighted by Gasteiger charge is 2.42. The Balaban J connectivity index is 1.87. The second-order valence-corrected chi connectivity index (χ2v) is 4.63. The summed E-state index contributed by atoms with van der Waals surface area (Å²) in [5.74, 6) is 1.83. The number of hydrogen-bond acceptors (Lipinski definition) is 0. The van der Waals surface area contributed by atoms with Crippen LogP contribution in [0.1, 0.15) is 26.2 Å². The molecule has 0 aromatic rings.